The quantitative estimate of drug-likeness (QED) is 0.868. The fourth-order valence-corrected chi connectivity index (χ4v) is 3.28. The Labute approximate surface area is 122 Å². The number of hydrogen-bond acceptors (Lipinski definition) is 4. The zero-order valence-electron chi connectivity index (χ0n) is 11.2. The molecular formula is C14H12FN3O2S. The molecule has 0 saturated carbocycles. The van der Waals surface area contributed by atoms with E-state index in [2.05, 4.69) is 4.98 Å². The molecule has 1 aromatic heterocycles. The number of benzene rings is 1. The molecule has 0 radical (unpaired) electrons. The number of halogens is 1. The maximum absolute atomic E-state index is 13.8. The maximum atomic E-state index is 13.8. The van der Waals surface area contributed by atoms with Crippen molar-refractivity contribution in [2.75, 3.05) is 10.8 Å². The predicted octanol–water partition coefficient (Wildman–Crippen LogP) is 2.31. The summed E-state index contributed by atoms with van der Waals surface area (Å²) in [5.41, 5.74) is 0.0900. The van der Waals surface area contributed by atoms with Gasteiger partial charge < -0.3 is 0 Å². The van der Waals surface area contributed by atoms with E-state index in [9.17, 15) is 12.8 Å². The Balaban J connectivity index is 2.50. The van der Waals surface area contributed by atoms with Crippen molar-refractivity contribution in [1.82, 2.24) is 4.98 Å². The normalized spacial score (nSPS) is 10.9. The van der Waals surface area contributed by atoms with Gasteiger partial charge in [0.15, 0.2) is 0 Å². The summed E-state index contributed by atoms with van der Waals surface area (Å²) in [4.78, 5) is 3.64. The van der Waals surface area contributed by atoms with Crippen LogP contribution in [0.3, 0.4) is 0 Å². The molecule has 0 spiro atoms. The lowest BCUT2D eigenvalue weighted by Gasteiger charge is -2.23. The molecule has 0 unspecified atom stereocenters. The van der Waals surface area contributed by atoms with E-state index < -0.39 is 15.8 Å². The highest BCUT2D eigenvalue weighted by Gasteiger charge is 2.25. The van der Waals surface area contributed by atoms with Gasteiger partial charge in [-0.1, -0.05) is 12.1 Å². The van der Waals surface area contributed by atoms with Gasteiger partial charge in [-0.15, -0.1) is 0 Å². The minimum atomic E-state index is -3.93. The van der Waals surface area contributed by atoms with Crippen molar-refractivity contribution < 1.29 is 12.8 Å². The van der Waals surface area contributed by atoms with Crippen LogP contribution in [0.1, 0.15) is 12.6 Å². The topological polar surface area (TPSA) is 74.1 Å². The molecule has 0 aliphatic rings. The SMILES string of the molecule is CCN(c1ccccc1F)S(=O)(=O)c1ccc(C#N)nc1. The monoisotopic (exact) mass is 305 g/mol. The molecule has 2 rings (SSSR count). The molecule has 1 heterocycles. The van der Waals surface area contributed by atoms with Gasteiger partial charge in [0.2, 0.25) is 0 Å². The Morgan fingerprint density at radius 1 is 1.29 bits per heavy atom. The van der Waals surface area contributed by atoms with Crippen molar-refractivity contribution in [3.05, 3.63) is 54.1 Å². The number of aromatic nitrogens is 1. The van der Waals surface area contributed by atoms with Crippen LogP contribution in [0.2, 0.25) is 0 Å². The van der Waals surface area contributed by atoms with Crippen molar-refractivity contribution in [3.8, 4) is 6.07 Å². The number of hydrogen-bond donors (Lipinski definition) is 0. The molecule has 0 amide bonds. The number of para-hydroxylation sites is 1. The van der Waals surface area contributed by atoms with Crippen LogP contribution in [0.15, 0.2) is 47.5 Å². The molecule has 0 aliphatic heterocycles. The van der Waals surface area contributed by atoms with Gasteiger partial charge in [-0.25, -0.2) is 17.8 Å². The van der Waals surface area contributed by atoms with E-state index in [-0.39, 0.29) is 22.8 Å². The summed E-state index contributed by atoms with van der Waals surface area (Å²) in [7, 11) is -3.93. The lowest BCUT2D eigenvalue weighted by atomic mass is 10.3. The van der Waals surface area contributed by atoms with Crippen LogP contribution in [-0.2, 0) is 10.0 Å². The summed E-state index contributed by atoms with van der Waals surface area (Å²) < 4.78 is 39.9. The van der Waals surface area contributed by atoms with E-state index in [0.717, 1.165) is 10.5 Å². The highest BCUT2D eigenvalue weighted by Crippen LogP contribution is 2.25. The predicted molar refractivity (Wildman–Crippen MR) is 75.6 cm³/mol. The molecular weight excluding hydrogens is 293 g/mol. The van der Waals surface area contributed by atoms with Gasteiger partial charge >= 0.3 is 0 Å². The maximum Gasteiger partial charge on any atom is 0.265 e. The number of pyridine rings is 1. The van der Waals surface area contributed by atoms with E-state index >= 15 is 0 Å². The summed E-state index contributed by atoms with van der Waals surface area (Å²) in [5.74, 6) is -0.621. The second-order valence-electron chi connectivity index (χ2n) is 4.11. The van der Waals surface area contributed by atoms with E-state index in [0.29, 0.717) is 0 Å². The van der Waals surface area contributed by atoms with Gasteiger partial charge in [-0.05, 0) is 31.2 Å². The summed E-state index contributed by atoms with van der Waals surface area (Å²) in [5, 5.41) is 8.68. The van der Waals surface area contributed by atoms with E-state index in [1.54, 1.807) is 13.0 Å². The van der Waals surface area contributed by atoms with Crippen LogP contribution in [0.4, 0.5) is 10.1 Å². The molecule has 108 valence electrons. The van der Waals surface area contributed by atoms with Gasteiger partial charge in [-0.3, -0.25) is 4.31 Å². The third-order valence-electron chi connectivity index (χ3n) is 2.85. The van der Waals surface area contributed by atoms with Gasteiger partial charge in [0.1, 0.15) is 22.5 Å². The van der Waals surface area contributed by atoms with E-state index in [1.165, 1.54) is 30.3 Å². The zero-order chi connectivity index (χ0) is 15.5. The Bertz CT molecular complexity index is 783. The first kappa shape index (κ1) is 14.9. The number of nitrogens with zero attached hydrogens (tertiary/aromatic N) is 3. The van der Waals surface area contributed by atoms with Crippen LogP contribution in [0.25, 0.3) is 0 Å². The Morgan fingerprint density at radius 3 is 2.52 bits per heavy atom. The molecule has 0 atom stereocenters. The number of anilines is 1. The molecule has 1 aromatic carbocycles. The van der Waals surface area contributed by atoms with Crippen LogP contribution in [-0.4, -0.2) is 19.9 Å². The molecule has 0 fully saturated rings. The van der Waals surface area contributed by atoms with Crippen molar-refractivity contribution >= 4 is 15.7 Å². The average molecular weight is 305 g/mol. The third-order valence-corrected chi connectivity index (χ3v) is 4.72. The first-order chi connectivity index (χ1) is 10.0. The fourth-order valence-electron chi connectivity index (χ4n) is 1.85. The van der Waals surface area contributed by atoms with Crippen LogP contribution >= 0.6 is 0 Å². The van der Waals surface area contributed by atoms with E-state index in [1.807, 2.05) is 6.07 Å². The zero-order valence-corrected chi connectivity index (χ0v) is 12.0. The molecule has 0 aliphatic carbocycles. The molecule has 0 saturated heterocycles. The van der Waals surface area contributed by atoms with Gasteiger partial charge in [0, 0.05) is 12.7 Å². The number of nitriles is 1. The first-order valence-electron chi connectivity index (χ1n) is 6.14. The van der Waals surface area contributed by atoms with Gasteiger partial charge in [0.05, 0.1) is 5.69 Å². The number of rotatable bonds is 4. The van der Waals surface area contributed by atoms with Crippen molar-refractivity contribution in [3.63, 3.8) is 0 Å². The molecule has 5 nitrogen and oxygen atoms in total. The van der Waals surface area contributed by atoms with E-state index in [4.69, 9.17) is 5.26 Å². The summed E-state index contributed by atoms with van der Waals surface area (Å²) in [6, 6.07) is 10.0. The van der Waals surface area contributed by atoms with Crippen LogP contribution < -0.4 is 4.31 Å². The standard InChI is InChI=1S/C14H12FN3O2S/c1-2-18(14-6-4-3-5-13(14)15)21(19,20)12-8-7-11(9-16)17-10-12/h3-8,10H,2H2,1H3. The molecule has 21 heavy (non-hydrogen) atoms. The lowest BCUT2D eigenvalue weighted by molar-refractivity contribution is 0.586. The Morgan fingerprint density at radius 2 is 2.00 bits per heavy atom. The fraction of sp³-hybridized carbons (Fsp3) is 0.143. The second kappa shape index (κ2) is 5.89. The Kier molecular flexibility index (Phi) is 4.19. The van der Waals surface area contributed by atoms with Gasteiger partial charge in [-0.2, -0.15) is 5.26 Å². The van der Waals surface area contributed by atoms with Crippen molar-refractivity contribution in [1.29, 1.82) is 5.26 Å². The molecule has 7 heteroatoms. The second-order valence-corrected chi connectivity index (χ2v) is 5.97. The number of sulfonamides is 1. The third kappa shape index (κ3) is 2.85. The summed E-state index contributed by atoms with van der Waals surface area (Å²) >= 11 is 0. The molecule has 2 aromatic rings. The van der Waals surface area contributed by atoms with Crippen LogP contribution in [0, 0.1) is 17.1 Å². The van der Waals surface area contributed by atoms with Crippen molar-refractivity contribution in [2.24, 2.45) is 0 Å². The van der Waals surface area contributed by atoms with Gasteiger partial charge in [0.25, 0.3) is 10.0 Å². The van der Waals surface area contributed by atoms with Crippen molar-refractivity contribution in [2.45, 2.75) is 11.8 Å². The minimum Gasteiger partial charge on any atom is -0.264 e. The minimum absolute atomic E-state index is 0.0237. The highest BCUT2D eigenvalue weighted by atomic mass is 32.2. The molecule has 0 bridgehead atoms. The highest BCUT2D eigenvalue weighted by molar-refractivity contribution is 7.92. The smallest absolute Gasteiger partial charge is 0.264 e. The first-order valence-corrected chi connectivity index (χ1v) is 7.58. The summed E-state index contributed by atoms with van der Waals surface area (Å²) in [6.07, 6.45) is 1.09. The Hall–Kier alpha value is -2.46. The summed E-state index contributed by atoms with van der Waals surface area (Å²) in [6.45, 7) is 1.68. The average Bonchev–Trinajstić information content (AvgIpc) is 2.50. The largest absolute Gasteiger partial charge is 0.265 e. The lowest BCUT2D eigenvalue weighted by Crippen LogP contribution is -2.31. The molecule has 0 N–H and O–H groups in total. The van der Waals surface area contributed by atoms with Crippen LogP contribution in [0.5, 0.6) is 0 Å².